The minimum absolute atomic E-state index is 0.108. The third kappa shape index (κ3) is 5.84. The van der Waals surface area contributed by atoms with Crippen LogP contribution in [0.15, 0.2) is 30.5 Å². The number of hydrogen-bond acceptors (Lipinski definition) is 9. The fourth-order valence-corrected chi connectivity index (χ4v) is 6.22. The average Bonchev–Trinajstić information content (AvgIpc) is 3.67. The quantitative estimate of drug-likeness (QED) is 0.238. The number of rotatable bonds is 8. The van der Waals surface area contributed by atoms with Crippen LogP contribution in [-0.4, -0.2) is 64.7 Å². The number of pyridine rings is 1. The summed E-state index contributed by atoms with van der Waals surface area (Å²) >= 11 is 1.47. The maximum absolute atomic E-state index is 13.7. The lowest BCUT2D eigenvalue weighted by molar-refractivity contribution is -0.0221. The molecule has 0 bridgehead atoms. The lowest BCUT2D eigenvalue weighted by atomic mass is 9.93. The van der Waals surface area contributed by atoms with Gasteiger partial charge in [-0.1, -0.05) is 11.9 Å². The topological polar surface area (TPSA) is 89.4 Å². The predicted octanol–water partition coefficient (Wildman–Crippen LogP) is 5.75. The summed E-state index contributed by atoms with van der Waals surface area (Å²) in [5, 5.41) is 23.4. The number of nitrogens with zero attached hydrogens (tertiary/aromatic N) is 5. The molecule has 0 atom stereocenters. The maximum atomic E-state index is 13.7. The third-order valence-electron chi connectivity index (χ3n) is 8.27. The van der Waals surface area contributed by atoms with E-state index in [-0.39, 0.29) is 32.5 Å². The highest BCUT2D eigenvalue weighted by atomic mass is 32.2. The monoisotopic (exact) mass is 555 g/mol. The molecule has 1 aromatic carbocycles. The highest BCUT2D eigenvalue weighted by Crippen LogP contribution is 2.54. The molecule has 3 aromatic rings. The lowest BCUT2D eigenvalue weighted by Crippen LogP contribution is -2.39. The number of aryl methyl sites for hydroxylation is 1. The van der Waals surface area contributed by atoms with E-state index in [2.05, 4.69) is 37.3 Å². The van der Waals surface area contributed by atoms with Gasteiger partial charge in [0.2, 0.25) is 0 Å². The van der Waals surface area contributed by atoms with E-state index >= 15 is 0 Å². The summed E-state index contributed by atoms with van der Waals surface area (Å²) in [4.78, 5) is 9.17. The van der Waals surface area contributed by atoms with Crippen LogP contribution >= 0.6 is 11.9 Å². The van der Waals surface area contributed by atoms with Crippen molar-refractivity contribution in [3.8, 4) is 0 Å². The van der Waals surface area contributed by atoms with Crippen molar-refractivity contribution in [2.24, 2.45) is 5.41 Å². The van der Waals surface area contributed by atoms with Gasteiger partial charge in [0.1, 0.15) is 11.6 Å². The molecular formula is C28H35F2N7OS. The normalized spacial score (nSPS) is 19.9. The minimum atomic E-state index is -2.60. The Labute approximate surface area is 231 Å². The number of aliphatic hydroxyl groups is 1. The van der Waals surface area contributed by atoms with Gasteiger partial charge in [-0.15, -0.1) is 5.10 Å². The molecule has 2 saturated heterocycles. The van der Waals surface area contributed by atoms with Gasteiger partial charge in [0.15, 0.2) is 5.82 Å². The Hall–Kier alpha value is -2.92. The van der Waals surface area contributed by atoms with Crippen LogP contribution in [0, 0.1) is 12.3 Å². The molecule has 3 fully saturated rings. The Morgan fingerprint density at radius 3 is 2.44 bits per heavy atom. The molecule has 1 saturated carbocycles. The first-order valence-electron chi connectivity index (χ1n) is 13.7. The van der Waals surface area contributed by atoms with Gasteiger partial charge in [-0.3, -0.25) is 0 Å². The number of benzene rings is 1. The van der Waals surface area contributed by atoms with E-state index in [0.29, 0.717) is 28.6 Å². The fraction of sp³-hybridized carbons (Fsp3) is 0.536. The Balaban J connectivity index is 1.33. The van der Waals surface area contributed by atoms with Crippen LogP contribution in [0.5, 0.6) is 0 Å². The zero-order chi connectivity index (χ0) is 27.0. The van der Waals surface area contributed by atoms with Crippen molar-refractivity contribution >= 4 is 51.5 Å². The average molecular weight is 556 g/mol. The van der Waals surface area contributed by atoms with Crippen molar-refractivity contribution in [2.75, 3.05) is 58.4 Å². The minimum Gasteiger partial charge on any atom is -0.395 e. The first kappa shape index (κ1) is 26.3. The molecule has 3 aliphatic rings. The van der Waals surface area contributed by atoms with E-state index in [4.69, 9.17) is 4.98 Å². The fourth-order valence-electron chi connectivity index (χ4n) is 5.74. The van der Waals surface area contributed by atoms with Gasteiger partial charge < -0.3 is 24.9 Å². The number of halogens is 2. The molecular weight excluding hydrogens is 520 g/mol. The second-order valence-corrected chi connectivity index (χ2v) is 12.1. The van der Waals surface area contributed by atoms with E-state index in [1.54, 1.807) is 6.20 Å². The largest absolute Gasteiger partial charge is 0.395 e. The molecule has 2 aliphatic heterocycles. The summed E-state index contributed by atoms with van der Waals surface area (Å²) in [7, 11) is 0. The summed E-state index contributed by atoms with van der Waals surface area (Å²) in [6, 6.07) is 8.10. The molecule has 0 amide bonds. The Morgan fingerprint density at radius 1 is 0.974 bits per heavy atom. The molecule has 0 radical (unpaired) electrons. The molecule has 4 heterocycles. The van der Waals surface area contributed by atoms with Crippen LogP contribution in [0.4, 0.5) is 37.6 Å². The Kier molecular flexibility index (Phi) is 7.13. The Bertz CT molecular complexity index is 1330. The highest BCUT2D eigenvalue weighted by Gasteiger charge is 2.44. The SMILES string of the molecule is Cc1cc(Nc2nncc3cc(NSCCO)cc(N4CCC5(CC4)CC5)c23)nc(N2CCC(F)(F)CC2)c1. The molecule has 0 unspecified atom stereocenters. The molecule has 8 nitrogen and oxygen atoms in total. The van der Waals surface area contributed by atoms with Crippen LogP contribution < -0.4 is 19.8 Å². The lowest BCUT2D eigenvalue weighted by Gasteiger charge is -2.35. The highest BCUT2D eigenvalue weighted by molar-refractivity contribution is 8.00. The van der Waals surface area contributed by atoms with Gasteiger partial charge in [0, 0.05) is 55.8 Å². The summed E-state index contributed by atoms with van der Waals surface area (Å²) in [6.07, 6.45) is 6.54. The zero-order valence-corrected chi connectivity index (χ0v) is 23.0. The summed E-state index contributed by atoms with van der Waals surface area (Å²) in [5.74, 6) is -0.0744. The number of aliphatic hydroxyl groups excluding tert-OH is 1. The number of hydrogen-bond donors (Lipinski definition) is 3. The van der Waals surface area contributed by atoms with Crippen LogP contribution in [0.1, 0.15) is 44.1 Å². The van der Waals surface area contributed by atoms with Gasteiger partial charge in [-0.05, 0) is 67.9 Å². The Morgan fingerprint density at radius 2 is 1.72 bits per heavy atom. The van der Waals surface area contributed by atoms with E-state index in [0.717, 1.165) is 40.8 Å². The molecule has 39 heavy (non-hydrogen) atoms. The maximum Gasteiger partial charge on any atom is 0.251 e. The van der Waals surface area contributed by atoms with Crippen LogP contribution in [0.3, 0.4) is 0 Å². The number of anilines is 5. The number of fused-ring (bicyclic) bond motifs is 1. The van der Waals surface area contributed by atoms with Crippen molar-refractivity contribution in [1.82, 2.24) is 15.2 Å². The molecule has 1 spiro atoms. The second kappa shape index (κ2) is 10.6. The first-order chi connectivity index (χ1) is 18.8. The van der Waals surface area contributed by atoms with Crippen LogP contribution in [0.2, 0.25) is 0 Å². The van der Waals surface area contributed by atoms with Gasteiger partial charge in [-0.2, -0.15) is 5.10 Å². The van der Waals surface area contributed by atoms with Gasteiger partial charge in [0.05, 0.1) is 23.9 Å². The number of piperidine rings is 2. The van der Waals surface area contributed by atoms with Gasteiger partial charge >= 0.3 is 0 Å². The van der Waals surface area contributed by atoms with Gasteiger partial charge in [0.25, 0.3) is 5.92 Å². The van der Waals surface area contributed by atoms with Crippen molar-refractivity contribution < 1.29 is 13.9 Å². The van der Waals surface area contributed by atoms with Gasteiger partial charge in [-0.25, -0.2) is 13.8 Å². The zero-order valence-electron chi connectivity index (χ0n) is 22.2. The smallest absolute Gasteiger partial charge is 0.251 e. The number of nitrogens with one attached hydrogen (secondary N) is 2. The summed E-state index contributed by atoms with van der Waals surface area (Å²) < 4.78 is 30.9. The van der Waals surface area contributed by atoms with Crippen molar-refractivity contribution in [1.29, 1.82) is 0 Å². The van der Waals surface area contributed by atoms with E-state index in [9.17, 15) is 13.9 Å². The first-order valence-corrected chi connectivity index (χ1v) is 14.7. The van der Waals surface area contributed by atoms with Crippen LogP contribution in [0.25, 0.3) is 10.8 Å². The predicted molar refractivity (Wildman–Crippen MR) is 154 cm³/mol. The third-order valence-corrected chi connectivity index (χ3v) is 9.03. The molecule has 6 rings (SSSR count). The van der Waals surface area contributed by atoms with Crippen molar-refractivity contribution in [3.05, 3.63) is 36.0 Å². The molecule has 11 heteroatoms. The van der Waals surface area contributed by atoms with Crippen LogP contribution in [-0.2, 0) is 0 Å². The molecule has 1 aliphatic carbocycles. The number of aromatic nitrogens is 3. The van der Waals surface area contributed by atoms with Crippen molar-refractivity contribution in [3.63, 3.8) is 0 Å². The van der Waals surface area contributed by atoms with E-state index < -0.39 is 5.92 Å². The second-order valence-electron chi connectivity index (χ2n) is 11.2. The van der Waals surface area contributed by atoms with E-state index in [1.165, 1.54) is 37.6 Å². The van der Waals surface area contributed by atoms with Crippen molar-refractivity contribution in [2.45, 2.75) is 51.4 Å². The standard InChI is InChI=1S/C28H35F2N7OS/c1-19-14-23(32-24(15-19)37-10-6-28(29,30)7-11-37)33-26-25-20(18-31-34-26)16-21(35-39-13-12-38)17-22(25)36-8-4-27(2-3-27)5-9-36/h14-18,35,38H,2-13H2,1H3,(H,32,33,34). The van der Waals surface area contributed by atoms with E-state index in [1.807, 2.05) is 24.0 Å². The molecule has 2 aromatic heterocycles. The molecule has 208 valence electrons. The summed E-state index contributed by atoms with van der Waals surface area (Å²) in [6.45, 7) is 4.64. The summed E-state index contributed by atoms with van der Waals surface area (Å²) in [5.41, 5.74) is 3.60. The number of alkyl halides is 2. The molecule has 3 N–H and O–H groups in total.